The summed E-state index contributed by atoms with van der Waals surface area (Å²) >= 11 is 0. The molecule has 0 aromatic heterocycles. The van der Waals surface area contributed by atoms with Crippen molar-refractivity contribution in [2.75, 3.05) is 13.9 Å². The van der Waals surface area contributed by atoms with E-state index < -0.39 is 5.41 Å². The second-order valence-electron chi connectivity index (χ2n) is 4.26. The SMILES string of the molecule is COCOc1ccc(C(C)(C)C(C)=O)cc1. The second kappa shape index (κ2) is 5.12. The third-order valence-corrected chi connectivity index (χ3v) is 2.80. The molecule has 0 aliphatic rings. The molecule has 0 aliphatic carbocycles. The molecule has 0 saturated carbocycles. The summed E-state index contributed by atoms with van der Waals surface area (Å²) in [5.74, 6) is 0.892. The van der Waals surface area contributed by atoms with Crippen LogP contribution in [0.3, 0.4) is 0 Å². The highest BCUT2D eigenvalue weighted by molar-refractivity contribution is 5.87. The van der Waals surface area contributed by atoms with Crippen LogP contribution in [0.4, 0.5) is 0 Å². The van der Waals surface area contributed by atoms with E-state index >= 15 is 0 Å². The Labute approximate surface area is 96.4 Å². The van der Waals surface area contributed by atoms with Gasteiger partial charge >= 0.3 is 0 Å². The van der Waals surface area contributed by atoms with Crippen LogP contribution in [-0.4, -0.2) is 19.7 Å². The standard InChI is InChI=1S/C13H18O3/c1-10(14)13(2,3)11-5-7-12(8-6-11)16-9-15-4/h5-8H,9H2,1-4H3. The third kappa shape index (κ3) is 2.83. The number of hydrogen-bond donors (Lipinski definition) is 0. The van der Waals surface area contributed by atoms with Gasteiger partial charge in [0.1, 0.15) is 11.5 Å². The van der Waals surface area contributed by atoms with Crippen molar-refractivity contribution >= 4 is 5.78 Å². The van der Waals surface area contributed by atoms with Gasteiger partial charge in [0, 0.05) is 12.5 Å². The molecule has 1 rings (SSSR count). The number of carbonyl (C=O) groups is 1. The van der Waals surface area contributed by atoms with Gasteiger partial charge in [-0.1, -0.05) is 12.1 Å². The summed E-state index contributed by atoms with van der Waals surface area (Å²) in [5.41, 5.74) is 0.546. The van der Waals surface area contributed by atoms with E-state index in [0.29, 0.717) is 0 Å². The highest BCUT2D eigenvalue weighted by Gasteiger charge is 2.25. The summed E-state index contributed by atoms with van der Waals surface area (Å²) in [5, 5.41) is 0. The predicted molar refractivity (Wildman–Crippen MR) is 62.7 cm³/mol. The van der Waals surface area contributed by atoms with Crippen molar-refractivity contribution in [3.05, 3.63) is 29.8 Å². The maximum absolute atomic E-state index is 11.5. The maximum Gasteiger partial charge on any atom is 0.188 e. The minimum Gasteiger partial charge on any atom is -0.468 e. The highest BCUT2D eigenvalue weighted by atomic mass is 16.7. The molecule has 0 aliphatic heterocycles. The van der Waals surface area contributed by atoms with E-state index in [0.717, 1.165) is 11.3 Å². The van der Waals surface area contributed by atoms with E-state index in [4.69, 9.17) is 9.47 Å². The Balaban J connectivity index is 2.82. The molecule has 3 nitrogen and oxygen atoms in total. The van der Waals surface area contributed by atoms with Crippen molar-refractivity contribution in [1.82, 2.24) is 0 Å². The minimum atomic E-state index is -0.445. The molecule has 0 amide bonds. The summed E-state index contributed by atoms with van der Waals surface area (Å²) in [6.45, 7) is 5.67. The first-order valence-electron chi connectivity index (χ1n) is 5.22. The lowest BCUT2D eigenvalue weighted by Gasteiger charge is -2.21. The first-order chi connectivity index (χ1) is 7.48. The van der Waals surface area contributed by atoms with Crippen molar-refractivity contribution in [2.24, 2.45) is 0 Å². The minimum absolute atomic E-state index is 0.151. The van der Waals surface area contributed by atoms with Crippen LogP contribution in [-0.2, 0) is 14.9 Å². The fourth-order valence-electron chi connectivity index (χ4n) is 1.30. The van der Waals surface area contributed by atoms with Crippen molar-refractivity contribution in [3.8, 4) is 5.75 Å². The van der Waals surface area contributed by atoms with Crippen molar-refractivity contribution in [2.45, 2.75) is 26.2 Å². The molecule has 1 aromatic rings. The van der Waals surface area contributed by atoms with E-state index in [1.165, 1.54) is 0 Å². The number of carbonyl (C=O) groups excluding carboxylic acids is 1. The molecule has 0 unspecified atom stereocenters. The Morgan fingerprint density at radius 3 is 2.25 bits per heavy atom. The Morgan fingerprint density at radius 1 is 1.25 bits per heavy atom. The van der Waals surface area contributed by atoms with Gasteiger partial charge in [0.05, 0.1) is 0 Å². The summed E-state index contributed by atoms with van der Waals surface area (Å²) < 4.78 is 10.1. The summed E-state index contributed by atoms with van der Waals surface area (Å²) in [4.78, 5) is 11.5. The average Bonchev–Trinajstić information content (AvgIpc) is 2.26. The maximum atomic E-state index is 11.5. The normalized spacial score (nSPS) is 11.2. The average molecular weight is 222 g/mol. The molecule has 3 heteroatoms. The first kappa shape index (κ1) is 12.7. The van der Waals surface area contributed by atoms with Gasteiger partial charge < -0.3 is 9.47 Å². The van der Waals surface area contributed by atoms with Gasteiger partial charge in [-0.05, 0) is 38.5 Å². The van der Waals surface area contributed by atoms with Gasteiger partial charge in [-0.2, -0.15) is 0 Å². The molecule has 0 heterocycles. The monoisotopic (exact) mass is 222 g/mol. The van der Waals surface area contributed by atoms with Crippen LogP contribution < -0.4 is 4.74 Å². The largest absolute Gasteiger partial charge is 0.468 e. The van der Waals surface area contributed by atoms with Crippen LogP contribution in [0, 0.1) is 0 Å². The molecule has 0 bridgehead atoms. The zero-order chi connectivity index (χ0) is 12.2. The highest BCUT2D eigenvalue weighted by Crippen LogP contribution is 2.25. The number of methoxy groups -OCH3 is 1. The van der Waals surface area contributed by atoms with Gasteiger partial charge in [0.15, 0.2) is 6.79 Å². The molecule has 0 saturated heterocycles. The summed E-state index contributed by atoms with van der Waals surface area (Å²) in [6.07, 6.45) is 0. The lowest BCUT2D eigenvalue weighted by atomic mass is 9.81. The Kier molecular flexibility index (Phi) is 4.07. The van der Waals surface area contributed by atoms with E-state index in [2.05, 4.69) is 0 Å². The summed E-state index contributed by atoms with van der Waals surface area (Å²) in [6, 6.07) is 7.51. The molecule has 0 radical (unpaired) electrons. The number of rotatable bonds is 5. The quantitative estimate of drug-likeness (QED) is 0.718. The molecule has 88 valence electrons. The fourth-order valence-corrected chi connectivity index (χ4v) is 1.30. The molecule has 0 fully saturated rings. The van der Waals surface area contributed by atoms with Crippen LogP contribution in [0.25, 0.3) is 0 Å². The fraction of sp³-hybridized carbons (Fsp3) is 0.462. The van der Waals surface area contributed by atoms with Crippen molar-refractivity contribution in [1.29, 1.82) is 0 Å². The number of hydrogen-bond acceptors (Lipinski definition) is 3. The Bertz CT molecular complexity index is 352. The summed E-state index contributed by atoms with van der Waals surface area (Å²) in [7, 11) is 1.58. The topological polar surface area (TPSA) is 35.5 Å². The Morgan fingerprint density at radius 2 is 1.81 bits per heavy atom. The zero-order valence-corrected chi connectivity index (χ0v) is 10.2. The van der Waals surface area contributed by atoms with Crippen molar-refractivity contribution < 1.29 is 14.3 Å². The van der Waals surface area contributed by atoms with Gasteiger partial charge in [0.25, 0.3) is 0 Å². The van der Waals surface area contributed by atoms with Gasteiger partial charge in [0.2, 0.25) is 0 Å². The van der Waals surface area contributed by atoms with Crippen LogP contribution in [0.1, 0.15) is 26.3 Å². The van der Waals surface area contributed by atoms with E-state index in [1.807, 2.05) is 38.1 Å². The van der Waals surface area contributed by atoms with Gasteiger partial charge in [-0.15, -0.1) is 0 Å². The second-order valence-corrected chi connectivity index (χ2v) is 4.26. The lowest BCUT2D eigenvalue weighted by molar-refractivity contribution is -0.121. The third-order valence-electron chi connectivity index (χ3n) is 2.80. The molecular weight excluding hydrogens is 204 g/mol. The Hall–Kier alpha value is -1.35. The van der Waals surface area contributed by atoms with Gasteiger partial charge in [-0.25, -0.2) is 0 Å². The molecule has 16 heavy (non-hydrogen) atoms. The molecule has 0 N–H and O–H groups in total. The number of ketones is 1. The molecular formula is C13H18O3. The van der Waals surface area contributed by atoms with E-state index in [1.54, 1.807) is 14.0 Å². The molecule has 0 atom stereocenters. The smallest absolute Gasteiger partial charge is 0.188 e. The number of benzene rings is 1. The van der Waals surface area contributed by atoms with Crippen LogP contribution in [0.5, 0.6) is 5.75 Å². The van der Waals surface area contributed by atoms with Crippen molar-refractivity contribution in [3.63, 3.8) is 0 Å². The van der Waals surface area contributed by atoms with Crippen LogP contribution >= 0.6 is 0 Å². The number of Topliss-reactive ketones (excluding diaryl/α,β-unsaturated/α-hetero) is 1. The molecule has 1 aromatic carbocycles. The van der Waals surface area contributed by atoms with Crippen LogP contribution in [0.2, 0.25) is 0 Å². The predicted octanol–water partition coefficient (Wildman–Crippen LogP) is 2.54. The zero-order valence-electron chi connectivity index (χ0n) is 10.2. The van der Waals surface area contributed by atoms with Crippen LogP contribution in [0.15, 0.2) is 24.3 Å². The van der Waals surface area contributed by atoms with E-state index in [-0.39, 0.29) is 12.6 Å². The number of ether oxygens (including phenoxy) is 2. The van der Waals surface area contributed by atoms with Gasteiger partial charge in [-0.3, -0.25) is 4.79 Å². The lowest BCUT2D eigenvalue weighted by Crippen LogP contribution is -2.26. The molecule has 0 spiro atoms. The van der Waals surface area contributed by atoms with E-state index in [9.17, 15) is 4.79 Å². The first-order valence-corrected chi connectivity index (χ1v) is 5.22.